The molecule has 0 aliphatic rings. The smallest absolute Gasteiger partial charge is 0.280 e. The summed E-state index contributed by atoms with van der Waals surface area (Å²) in [5.41, 5.74) is 7.73. The molecule has 0 saturated carbocycles. The van der Waals surface area contributed by atoms with Gasteiger partial charge in [-0.05, 0) is 53.6 Å². The number of benzene rings is 3. The lowest BCUT2D eigenvalue weighted by Gasteiger charge is -2.14. The van der Waals surface area contributed by atoms with Crippen LogP contribution in [0.25, 0.3) is 27.9 Å². The first kappa shape index (κ1) is 22.8. The number of nitrogens with two attached hydrogens (primary N) is 1. The molecular weight excluding hydrogens is 465 g/mol. The second-order valence-corrected chi connectivity index (χ2v) is 9.89. The molecule has 0 amide bonds. The van der Waals surface area contributed by atoms with E-state index < -0.39 is 21.2 Å². The Hall–Kier alpha value is -3.33. The van der Waals surface area contributed by atoms with Crippen LogP contribution in [0.4, 0.5) is 4.39 Å². The maximum absolute atomic E-state index is 14.1. The van der Waals surface area contributed by atoms with Crippen LogP contribution < -0.4 is 11.3 Å². The molecular formula is C24H19ClFN3O3S. The van der Waals surface area contributed by atoms with E-state index in [0.717, 1.165) is 6.26 Å². The topological polar surface area (TPSA) is 95.0 Å². The molecule has 0 saturated heterocycles. The highest BCUT2D eigenvalue weighted by molar-refractivity contribution is 7.90. The van der Waals surface area contributed by atoms with Crippen molar-refractivity contribution in [2.24, 2.45) is 5.73 Å². The van der Waals surface area contributed by atoms with Crippen molar-refractivity contribution < 1.29 is 12.8 Å². The normalized spacial score (nSPS) is 11.5. The Balaban J connectivity index is 1.99. The number of nitrogens with zero attached hydrogens (tertiary/aromatic N) is 2. The Morgan fingerprint density at radius 1 is 1.03 bits per heavy atom. The van der Waals surface area contributed by atoms with Gasteiger partial charge in [0.25, 0.3) is 5.56 Å². The zero-order chi connectivity index (χ0) is 23.8. The third kappa shape index (κ3) is 4.59. The lowest BCUT2D eigenvalue weighted by atomic mass is 9.96. The van der Waals surface area contributed by atoms with Crippen LogP contribution in [0.15, 0.2) is 82.6 Å². The van der Waals surface area contributed by atoms with Gasteiger partial charge in [-0.1, -0.05) is 35.9 Å². The van der Waals surface area contributed by atoms with Crippen LogP contribution in [0, 0.1) is 5.82 Å². The lowest BCUT2D eigenvalue weighted by Crippen LogP contribution is -2.23. The largest absolute Gasteiger partial charge is 0.326 e. The van der Waals surface area contributed by atoms with E-state index >= 15 is 0 Å². The monoisotopic (exact) mass is 483 g/mol. The summed E-state index contributed by atoms with van der Waals surface area (Å²) in [4.78, 5) is 13.8. The van der Waals surface area contributed by atoms with Gasteiger partial charge in [-0.15, -0.1) is 0 Å². The van der Waals surface area contributed by atoms with Gasteiger partial charge in [0.2, 0.25) is 0 Å². The van der Waals surface area contributed by atoms with Crippen LogP contribution in [0.3, 0.4) is 0 Å². The van der Waals surface area contributed by atoms with Gasteiger partial charge in [0.05, 0.1) is 22.3 Å². The summed E-state index contributed by atoms with van der Waals surface area (Å²) in [6.45, 7) is -0.0361. The minimum Gasteiger partial charge on any atom is -0.326 e. The summed E-state index contributed by atoms with van der Waals surface area (Å²) in [6, 6.07) is 17.1. The van der Waals surface area contributed by atoms with Crippen LogP contribution in [-0.2, 0) is 16.4 Å². The number of halogens is 2. The van der Waals surface area contributed by atoms with Crippen molar-refractivity contribution in [2.75, 3.05) is 6.26 Å². The molecule has 33 heavy (non-hydrogen) atoms. The average Bonchev–Trinajstić information content (AvgIpc) is 2.79. The van der Waals surface area contributed by atoms with Crippen LogP contribution in [0.2, 0.25) is 5.02 Å². The van der Waals surface area contributed by atoms with Gasteiger partial charge in [0.1, 0.15) is 5.82 Å². The molecule has 0 aliphatic heterocycles. The summed E-state index contributed by atoms with van der Waals surface area (Å²) in [6.07, 6.45) is 2.63. The Labute approximate surface area is 195 Å². The number of hydrogen-bond acceptors (Lipinski definition) is 5. The zero-order valence-electron chi connectivity index (χ0n) is 17.5. The maximum Gasteiger partial charge on any atom is 0.280 e. The van der Waals surface area contributed by atoms with Gasteiger partial charge in [-0.3, -0.25) is 4.79 Å². The third-order valence-corrected chi connectivity index (χ3v) is 6.54. The zero-order valence-corrected chi connectivity index (χ0v) is 19.1. The molecule has 9 heteroatoms. The standard InChI is InChI=1S/C24H19ClFN3O3S/c1-33(31,32)20-8-5-15(6-9-20)21-14-28-29(19-4-2-3-18(25)12-19)24(30)23(21)16-7-10-22(26)17(11-16)13-27/h2-12,14H,13,27H2,1H3. The van der Waals surface area contributed by atoms with E-state index in [-0.39, 0.29) is 22.6 Å². The molecule has 3 aromatic carbocycles. The first-order chi connectivity index (χ1) is 15.7. The van der Waals surface area contributed by atoms with Gasteiger partial charge in [0.15, 0.2) is 9.84 Å². The fourth-order valence-corrected chi connectivity index (χ4v) is 4.33. The molecule has 6 nitrogen and oxygen atoms in total. The summed E-state index contributed by atoms with van der Waals surface area (Å²) >= 11 is 6.09. The predicted molar refractivity (Wildman–Crippen MR) is 127 cm³/mol. The van der Waals surface area contributed by atoms with Crippen LogP contribution in [-0.4, -0.2) is 24.5 Å². The minimum atomic E-state index is -3.38. The van der Waals surface area contributed by atoms with Crippen molar-refractivity contribution in [1.29, 1.82) is 0 Å². The summed E-state index contributed by atoms with van der Waals surface area (Å²) in [7, 11) is -3.38. The Bertz CT molecular complexity index is 1520. The highest BCUT2D eigenvalue weighted by Gasteiger charge is 2.18. The van der Waals surface area contributed by atoms with Crippen LogP contribution in [0.1, 0.15) is 5.56 Å². The van der Waals surface area contributed by atoms with Crippen LogP contribution >= 0.6 is 11.6 Å². The quantitative estimate of drug-likeness (QED) is 0.458. The summed E-state index contributed by atoms with van der Waals surface area (Å²) < 4.78 is 39.0. The van der Waals surface area contributed by atoms with E-state index in [9.17, 15) is 17.6 Å². The lowest BCUT2D eigenvalue weighted by molar-refractivity contribution is 0.602. The van der Waals surface area contributed by atoms with Crippen molar-refractivity contribution in [3.63, 3.8) is 0 Å². The Morgan fingerprint density at radius 2 is 1.73 bits per heavy atom. The summed E-state index contributed by atoms with van der Waals surface area (Å²) in [5, 5.41) is 4.75. The van der Waals surface area contributed by atoms with E-state index in [0.29, 0.717) is 27.4 Å². The second kappa shape index (κ2) is 8.90. The molecule has 1 heterocycles. The van der Waals surface area contributed by atoms with E-state index in [1.165, 1.54) is 41.2 Å². The fourth-order valence-electron chi connectivity index (χ4n) is 3.51. The minimum absolute atomic E-state index is 0.0361. The second-order valence-electron chi connectivity index (χ2n) is 7.44. The first-order valence-corrected chi connectivity index (χ1v) is 12.1. The molecule has 0 aliphatic carbocycles. The van der Waals surface area contributed by atoms with E-state index in [2.05, 4.69) is 5.10 Å². The molecule has 0 radical (unpaired) electrons. The van der Waals surface area contributed by atoms with Gasteiger partial charge < -0.3 is 5.73 Å². The molecule has 2 N–H and O–H groups in total. The highest BCUT2D eigenvalue weighted by Crippen LogP contribution is 2.31. The van der Waals surface area contributed by atoms with Gasteiger partial charge in [0, 0.05) is 29.0 Å². The van der Waals surface area contributed by atoms with E-state index in [1.54, 1.807) is 36.4 Å². The molecule has 0 spiro atoms. The van der Waals surface area contributed by atoms with E-state index in [4.69, 9.17) is 17.3 Å². The van der Waals surface area contributed by atoms with Crippen molar-refractivity contribution in [2.45, 2.75) is 11.4 Å². The maximum atomic E-state index is 14.1. The number of rotatable bonds is 5. The molecule has 1 aromatic heterocycles. The van der Waals surface area contributed by atoms with Crippen molar-refractivity contribution in [3.8, 4) is 27.9 Å². The molecule has 0 fully saturated rings. The van der Waals surface area contributed by atoms with Crippen LogP contribution in [0.5, 0.6) is 0 Å². The number of sulfone groups is 1. The number of hydrogen-bond donors (Lipinski definition) is 1. The van der Waals surface area contributed by atoms with Crippen molar-refractivity contribution >= 4 is 21.4 Å². The summed E-state index contributed by atoms with van der Waals surface area (Å²) in [5.74, 6) is -0.468. The fraction of sp³-hybridized carbons (Fsp3) is 0.0833. The van der Waals surface area contributed by atoms with Crippen molar-refractivity contribution in [3.05, 3.63) is 99.7 Å². The molecule has 0 atom stereocenters. The molecule has 0 unspecified atom stereocenters. The average molecular weight is 484 g/mol. The predicted octanol–water partition coefficient (Wildman–Crippen LogP) is 4.22. The molecule has 0 bridgehead atoms. The van der Waals surface area contributed by atoms with Gasteiger partial charge in [-0.25, -0.2) is 12.8 Å². The Morgan fingerprint density at radius 3 is 2.36 bits per heavy atom. The first-order valence-electron chi connectivity index (χ1n) is 9.86. The van der Waals surface area contributed by atoms with Gasteiger partial charge >= 0.3 is 0 Å². The Kier molecular flexibility index (Phi) is 6.16. The molecule has 168 valence electrons. The van der Waals surface area contributed by atoms with E-state index in [1.807, 2.05) is 0 Å². The highest BCUT2D eigenvalue weighted by atomic mass is 35.5. The third-order valence-electron chi connectivity index (χ3n) is 5.18. The SMILES string of the molecule is CS(=O)(=O)c1ccc(-c2cnn(-c3cccc(Cl)c3)c(=O)c2-c2ccc(F)c(CN)c2)cc1. The number of aromatic nitrogens is 2. The van der Waals surface area contributed by atoms with Crippen molar-refractivity contribution in [1.82, 2.24) is 9.78 Å². The molecule has 4 aromatic rings. The van der Waals surface area contributed by atoms with Gasteiger partial charge in [-0.2, -0.15) is 9.78 Å². The molecule has 4 rings (SSSR count).